The van der Waals surface area contributed by atoms with Crippen LogP contribution in [0, 0.1) is 5.92 Å². The first-order chi connectivity index (χ1) is 5.84. The molecule has 4 rings (SSSR count). The minimum atomic E-state index is 0.369. The van der Waals surface area contributed by atoms with Crippen molar-refractivity contribution in [3.05, 3.63) is 0 Å². The second kappa shape index (κ2) is 2.30. The van der Waals surface area contributed by atoms with Gasteiger partial charge in [-0.05, 0) is 12.8 Å². The molecule has 0 N–H and O–H groups in total. The van der Waals surface area contributed by atoms with E-state index in [9.17, 15) is 4.79 Å². The Hall–Kier alpha value is -0.410. The molecule has 4 heterocycles. The standard InChI is InChI=1S/C9H13NO2/c11-9-3-10-7-1-6(9)2-8(10)5-12-4-7/h6-8H,1-5H2. The number of hydrogen-bond donors (Lipinski definition) is 0. The third-order valence-electron chi connectivity index (χ3n) is 3.47. The monoisotopic (exact) mass is 167 g/mol. The summed E-state index contributed by atoms with van der Waals surface area (Å²) in [5.74, 6) is 0.832. The Kier molecular flexibility index (Phi) is 1.35. The second-order valence-corrected chi connectivity index (χ2v) is 4.15. The van der Waals surface area contributed by atoms with Gasteiger partial charge in [-0.1, -0.05) is 0 Å². The van der Waals surface area contributed by atoms with Crippen molar-refractivity contribution in [2.24, 2.45) is 5.92 Å². The Morgan fingerprint density at radius 1 is 1.25 bits per heavy atom. The van der Waals surface area contributed by atoms with Crippen LogP contribution in [0.3, 0.4) is 0 Å². The summed E-state index contributed by atoms with van der Waals surface area (Å²) in [4.78, 5) is 13.8. The van der Waals surface area contributed by atoms with Gasteiger partial charge in [-0.2, -0.15) is 0 Å². The van der Waals surface area contributed by atoms with Crippen molar-refractivity contribution >= 4 is 5.78 Å². The molecule has 0 aromatic heterocycles. The van der Waals surface area contributed by atoms with E-state index in [0.29, 0.717) is 30.3 Å². The van der Waals surface area contributed by atoms with Crippen LogP contribution in [0.4, 0.5) is 0 Å². The smallest absolute Gasteiger partial charge is 0.150 e. The molecule has 12 heavy (non-hydrogen) atoms. The second-order valence-electron chi connectivity index (χ2n) is 4.15. The first-order valence-corrected chi connectivity index (χ1v) is 4.71. The number of ketones is 1. The molecule has 4 aliphatic rings. The number of fused-ring (bicyclic) bond motifs is 1. The Morgan fingerprint density at radius 3 is 2.50 bits per heavy atom. The van der Waals surface area contributed by atoms with Gasteiger partial charge in [0.2, 0.25) is 0 Å². The van der Waals surface area contributed by atoms with Gasteiger partial charge >= 0.3 is 0 Å². The summed E-state index contributed by atoms with van der Waals surface area (Å²) in [7, 11) is 0. The molecule has 0 aromatic carbocycles. The van der Waals surface area contributed by atoms with E-state index in [1.807, 2.05) is 0 Å². The van der Waals surface area contributed by atoms with E-state index in [0.717, 1.165) is 26.1 Å². The maximum absolute atomic E-state index is 11.4. The third-order valence-corrected chi connectivity index (χ3v) is 3.47. The molecular formula is C9H13NO2. The number of rotatable bonds is 0. The molecule has 3 nitrogen and oxygen atoms in total. The molecule has 4 fully saturated rings. The van der Waals surface area contributed by atoms with Crippen molar-refractivity contribution in [1.82, 2.24) is 4.90 Å². The fourth-order valence-electron chi connectivity index (χ4n) is 2.82. The number of hydrogen-bond acceptors (Lipinski definition) is 3. The lowest BCUT2D eigenvalue weighted by molar-refractivity contribution is -0.153. The van der Waals surface area contributed by atoms with Crippen molar-refractivity contribution in [3.63, 3.8) is 0 Å². The maximum Gasteiger partial charge on any atom is 0.150 e. The number of carbonyl (C=O) groups excluding carboxylic acids is 1. The van der Waals surface area contributed by atoms with Crippen molar-refractivity contribution in [2.45, 2.75) is 24.9 Å². The highest BCUT2D eigenvalue weighted by Crippen LogP contribution is 2.36. The molecule has 66 valence electrons. The Labute approximate surface area is 71.7 Å². The van der Waals surface area contributed by atoms with Crippen molar-refractivity contribution in [2.75, 3.05) is 19.8 Å². The number of ether oxygens (including phenoxy) is 1. The molecule has 0 aliphatic carbocycles. The van der Waals surface area contributed by atoms with E-state index >= 15 is 0 Å². The van der Waals surface area contributed by atoms with Gasteiger partial charge in [-0.3, -0.25) is 9.69 Å². The lowest BCUT2D eigenvalue weighted by atomic mass is 9.77. The highest BCUT2D eigenvalue weighted by atomic mass is 16.5. The van der Waals surface area contributed by atoms with E-state index in [4.69, 9.17) is 4.74 Å². The molecule has 2 unspecified atom stereocenters. The van der Waals surface area contributed by atoms with Crippen molar-refractivity contribution < 1.29 is 9.53 Å². The van der Waals surface area contributed by atoms with Crippen LogP contribution in [-0.2, 0) is 9.53 Å². The number of piperidine rings is 3. The normalized spacial score (nSPS) is 51.2. The Bertz CT molecular complexity index is 215. The number of Topliss-reactive ketones (excluding diaryl/α,β-unsaturated/α-hetero) is 1. The quantitative estimate of drug-likeness (QED) is 0.510. The summed E-state index contributed by atoms with van der Waals surface area (Å²) in [5, 5.41) is 0. The van der Waals surface area contributed by atoms with Gasteiger partial charge in [0.15, 0.2) is 0 Å². The summed E-state index contributed by atoms with van der Waals surface area (Å²) >= 11 is 0. The van der Waals surface area contributed by atoms with Crippen LogP contribution < -0.4 is 0 Å². The summed E-state index contributed by atoms with van der Waals surface area (Å²) in [6, 6.07) is 1.11. The van der Waals surface area contributed by atoms with E-state index in [1.54, 1.807) is 0 Å². The van der Waals surface area contributed by atoms with Gasteiger partial charge in [0.25, 0.3) is 0 Å². The molecular weight excluding hydrogens is 154 g/mol. The van der Waals surface area contributed by atoms with Gasteiger partial charge in [-0.15, -0.1) is 0 Å². The van der Waals surface area contributed by atoms with E-state index in [1.165, 1.54) is 0 Å². The van der Waals surface area contributed by atoms with Gasteiger partial charge in [0, 0.05) is 18.0 Å². The Morgan fingerprint density at radius 2 is 1.92 bits per heavy atom. The summed E-state index contributed by atoms with van der Waals surface area (Å²) in [6.45, 7) is 2.39. The van der Waals surface area contributed by atoms with E-state index in [-0.39, 0.29) is 0 Å². The summed E-state index contributed by atoms with van der Waals surface area (Å²) in [5.41, 5.74) is 0. The SMILES string of the molecule is O=C1CN2C3COCC2CC1C3. The van der Waals surface area contributed by atoms with E-state index in [2.05, 4.69) is 4.90 Å². The first kappa shape index (κ1) is 7.04. The van der Waals surface area contributed by atoms with Crippen molar-refractivity contribution in [3.8, 4) is 0 Å². The van der Waals surface area contributed by atoms with E-state index < -0.39 is 0 Å². The molecule has 0 radical (unpaired) electrons. The molecule has 4 aliphatic heterocycles. The summed E-state index contributed by atoms with van der Waals surface area (Å²) in [6.07, 6.45) is 2.10. The molecule has 0 saturated carbocycles. The zero-order chi connectivity index (χ0) is 8.13. The number of nitrogens with zero attached hydrogens (tertiary/aromatic N) is 1. The van der Waals surface area contributed by atoms with Crippen LogP contribution in [0.2, 0.25) is 0 Å². The van der Waals surface area contributed by atoms with Crippen molar-refractivity contribution in [1.29, 1.82) is 0 Å². The average molecular weight is 167 g/mol. The fraction of sp³-hybridized carbons (Fsp3) is 0.889. The van der Waals surface area contributed by atoms with Crippen LogP contribution >= 0.6 is 0 Å². The third kappa shape index (κ3) is 0.808. The average Bonchev–Trinajstić information content (AvgIpc) is 2.03. The first-order valence-electron chi connectivity index (χ1n) is 4.71. The molecule has 4 bridgehead atoms. The lowest BCUT2D eigenvalue weighted by Gasteiger charge is -2.52. The van der Waals surface area contributed by atoms with Gasteiger partial charge in [0.1, 0.15) is 5.78 Å². The van der Waals surface area contributed by atoms with Crippen LogP contribution in [0.5, 0.6) is 0 Å². The Balaban J connectivity index is 1.91. The highest BCUT2D eigenvalue weighted by Gasteiger charge is 2.46. The zero-order valence-electron chi connectivity index (χ0n) is 7.03. The van der Waals surface area contributed by atoms with Crippen LogP contribution in [-0.4, -0.2) is 42.5 Å². The predicted molar refractivity (Wildman–Crippen MR) is 42.8 cm³/mol. The molecule has 0 aromatic rings. The largest absolute Gasteiger partial charge is 0.378 e. The molecule has 0 spiro atoms. The molecule has 3 heteroatoms. The molecule has 4 saturated heterocycles. The topological polar surface area (TPSA) is 29.5 Å². The summed E-state index contributed by atoms with van der Waals surface area (Å²) < 4.78 is 5.47. The minimum Gasteiger partial charge on any atom is -0.378 e. The van der Waals surface area contributed by atoms with Gasteiger partial charge in [0.05, 0.1) is 19.8 Å². The number of morpholine rings is 1. The molecule has 2 atom stereocenters. The van der Waals surface area contributed by atoms with Gasteiger partial charge in [-0.25, -0.2) is 0 Å². The van der Waals surface area contributed by atoms with Crippen LogP contribution in [0.15, 0.2) is 0 Å². The van der Waals surface area contributed by atoms with Crippen LogP contribution in [0.1, 0.15) is 12.8 Å². The highest BCUT2D eigenvalue weighted by molar-refractivity contribution is 5.84. The zero-order valence-corrected chi connectivity index (χ0v) is 7.03. The van der Waals surface area contributed by atoms with Gasteiger partial charge < -0.3 is 4.74 Å². The maximum atomic E-state index is 11.4. The number of carbonyl (C=O) groups is 1. The fourth-order valence-corrected chi connectivity index (χ4v) is 2.82. The predicted octanol–water partition coefficient (Wildman–Crippen LogP) is 0.0485. The minimum absolute atomic E-state index is 0.369. The lowest BCUT2D eigenvalue weighted by Crippen LogP contribution is -2.64. The van der Waals surface area contributed by atoms with Crippen LogP contribution in [0.25, 0.3) is 0 Å². The molecule has 0 amide bonds.